The van der Waals surface area contributed by atoms with Crippen LogP contribution in [0.25, 0.3) is 0 Å². The van der Waals surface area contributed by atoms with E-state index in [1.807, 2.05) is 0 Å². The lowest BCUT2D eigenvalue weighted by Gasteiger charge is -2.10. The molecule has 0 saturated heterocycles. The Kier molecular flexibility index (Phi) is 4.24. The van der Waals surface area contributed by atoms with Gasteiger partial charge in [-0.05, 0) is 41.1 Å². The third-order valence-electron chi connectivity index (χ3n) is 2.65. The Morgan fingerprint density at radius 2 is 1.90 bits per heavy atom. The summed E-state index contributed by atoms with van der Waals surface area (Å²) < 4.78 is 27.5. The van der Waals surface area contributed by atoms with E-state index in [-0.39, 0.29) is 5.69 Å². The fourth-order valence-electron chi connectivity index (χ4n) is 1.67. The van der Waals surface area contributed by atoms with Gasteiger partial charge in [0, 0.05) is 6.07 Å². The highest BCUT2D eigenvalue weighted by Gasteiger charge is 2.25. The second-order valence-electron chi connectivity index (χ2n) is 4.10. The fraction of sp³-hybridized carbons (Fsp3) is 0.0833. The maximum absolute atomic E-state index is 12.3. The summed E-state index contributed by atoms with van der Waals surface area (Å²) in [5.74, 6) is 0. The first-order chi connectivity index (χ1) is 9.81. The predicted molar refractivity (Wildman–Crippen MR) is 80.6 cm³/mol. The van der Waals surface area contributed by atoms with Gasteiger partial charge >= 0.3 is 0 Å². The Balaban J connectivity index is 2.46. The minimum absolute atomic E-state index is 0.261. The average molecular weight is 372 g/mol. The molecule has 0 radical (unpaired) electrons. The Labute approximate surface area is 129 Å². The van der Waals surface area contributed by atoms with Gasteiger partial charge in [-0.3, -0.25) is 14.8 Å². The topological polar surface area (TPSA) is 102 Å². The normalized spacial score (nSPS) is 11.1. The number of para-hydroxylation sites is 1. The molecule has 0 aliphatic rings. The van der Waals surface area contributed by atoms with Crippen LogP contribution < -0.4 is 4.72 Å². The Hall–Kier alpha value is -2.00. The maximum Gasteiger partial charge on any atom is 0.289 e. The summed E-state index contributed by atoms with van der Waals surface area (Å²) in [6.07, 6.45) is 0. The molecule has 0 saturated carbocycles. The molecule has 21 heavy (non-hydrogen) atoms. The molecule has 7 nitrogen and oxygen atoms in total. The fourth-order valence-corrected chi connectivity index (χ4v) is 3.36. The molecule has 9 heteroatoms. The van der Waals surface area contributed by atoms with Crippen LogP contribution in [0.2, 0.25) is 0 Å². The van der Waals surface area contributed by atoms with Crippen LogP contribution in [-0.2, 0) is 10.0 Å². The van der Waals surface area contributed by atoms with Crippen LogP contribution in [-0.4, -0.2) is 18.3 Å². The highest BCUT2D eigenvalue weighted by Crippen LogP contribution is 2.26. The van der Waals surface area contributed by atoms with Crippen molar-refractivity contribution in [1.29, 1.82) is 0 Å². The first-order valence-corrected chi connectivity index (χ1v) is 7.98. The summed E-state index contributed by atoms with van der Waals surface area (Å²) in [5, 5.41) is 10.9. The lowest BCUT2D eigenvalue weighted by Crippen LogP contribution is -2.15. The smallest absolute Gasteiger partial charge is 0.278 e. The second-order valence-corrected chi connectivity index (χ2v) is 6.56. The molecule has 0 unspecified atom stereocenters. The van der Waals surface area contributed by atoms with Gasteiger partial charge in [-0.25, -0.2) is 13.4 Å². The molecule has 0 fully saturated rings. The van der Waals surface area contributed by atoms with Crippen LogP contribution in [0.4, 0.5) is 11.4 Å². The summed E-state index contributed by atoms with van der Waals surface area (Å²) in [5.41, 5.74) is 0.232. The molecular weight excluding hydrogens is 362 g/mol. The Morgan fingerprint density at radius 1 is 1.24 bits per heavy atom. The van der Waals surface area contributed by atoms with Gasteiger partial charge in [-0.15, -0.1) is 0 Å². The third kappa shape index (κ3) is 3.37. The van der Waals surface area contributed by atoms with E-state index < -0.39 is 25.5 Å². The number of aryl methyl sites for hydroxylation is 1. The van der Waals surface area contributed by atoms with E-state index in [1.54, 1.807) is 13.0 Å². The zero-order valence-electron chi connectivity index (χ0n) is 10.8. The quantitative estimate of drug-likeness (QED) is 0.505. The molecule has 1 N–H and O–H groups in total. The number of halogens is 1. The molecule has 2 aromatic rings. The average Bonchev–Trinajstić information content (AvgIpc) is 2.42. The summed E-state index contributed by atoms with van der Waals surface area (Å²) in [7, 11) is -4.07. The molecular formula is C12H10BrN3O4S. The number of hydrogen-bond acceptors (Lipinski definition) is 5. The van der Waals surface area contributed by atoms with Crippen LogP contribution in [0.3, 0.4) is 0 Å². The summed E-state index contributed by atoms with van der Waals surface area (Å²) in [6, 6.07) is 8.25. The van der Waals surface area contributed by atoms with Gasteiger partial charge in [0.2, 0.25) is 0 Å². The molecule has 1 aromatic carbocycles. The minimum atomic E-state index is -4.07. The maximum atomic E-state index is 12.3. The number of aromatic nitrogens is 1. The van der Waals surface area contributed by atoms with Gasteiger partial charge in [0.15, 0.2) is 4.90 Å². The van der Waals surface area contributed by atoms with Crippen molar-refractivity contribution < 1.29 is 13.3 Å². The predicted octanol–water partition coefficient (Wildman–Crippen LogP) is 2.86. The minimum Gasteiger partial charge on any atom is -0.278 e. The van der Waals surface area contributed by atoms with Crippen LogP contribution in [0.5, 0.6) is 0 Å². The summed E-state index contributed by atoms with van der Waals surface area (Å²) in [4.78, 5) is 13.9. The molecule has 0 bridgehead atoms. The van der Waals surface area contributed by atoms with Gasteiger partial charge in [-0.2, -0.15) is 0 Å². The molecule has 0 aliphatic heterocycles. The van der Waals surface area contributed by atoms with E-state index in [0.29, 0.717) is 10.3 Å². The van der Waals surface area contributed by atoms with Crippen molar-refractivity contribution >= 4 is 37.3 Å². The van der Waals surface area contributed by atoms with Gasteiger partial charge in [0.25, 0.3) is 15.7 Å². The Morgan fingerprint density at radius 3 is 2.52 bits per heavy atom. The molecule has 0 spiro atoms. The molecule has 0 atom stereocenters. The van der Waals surface area contributed by atoms with E-state index in [0.717, 1.165) is 6.07 Å². The molecule has 2 rings (SSSR count). The Bertz CT molecular complexity index is 808. The molecule has 1 heterocycles. The number of nitro groups is 1. The van der Waals surface area contributed by atoms with Crippen molar-refractivity contribution in [3.8, 4) is 0 Å². The molecule has 0 aliphatic carbocycles. The number of sulfonamides is 1. The van der Waals surface area contributed by atoms with E-state index in [2.05, 4.69) is 25.6 Å². The van der Waals surface area contributed by atoms with Crippen molar-refractivity contribution in [3.05, 3.63) is 56.8 Å². The van der Waals surface area contributed by atoms with E-state index in [4.69, 9.17) is 0 Å². The number of nitrogens with zero attached hydrogens (tertiary/aromatic N) is 2. The molecule has 110 valence electrons. The highest BCUT2D eigenvalue weighted by atomic mass is 79.9. The van der Waals surface area contributed by atoms with Crippen LogP contribution >= 0.6 is 15.9 Å². The molecule has 1 aromatic heterocycles. The lowest BCUT2D eigenvalue weighted by atomic mass is 10.3. The lowest BCUT2D eigenvalue weighted by molar-refractivity contribution is -0.387. The van der Waals surface area contributed by atoms with Crippen molar-refractivity contribution in [3.63, 3.8) is 0 Å². The standard InChI is InChI=1S/C12H10BrN3O4S/c1-8-9(6-7-12(13)14-8)15-21(19,20)11-5-3-2-4-10(11)16(17)18/h2-7,15H,1H3. The molecule has 0 amide bonds. The SMILES string of the molecule is Cc1nc(Br)ccc1NS(=O)(=O)c1ccccc1[N+](=O)[O-]. The number of benzene rings is 1. The number of rotatable bonds is 4. The first kappa shape index (κ1) is 15.4. The number of nitrogens with one attached hydrogen (secondary N) is 1. The zero-order valence-corrected chi connectivity index (χ0v) is 13.2. The van der Waals surface area contributed by atoms with E-state index in [9.17, 15) is 18.5 Å². The van der Waals surface area contributed by atoms with Crippen molar-refractivity contribution in [1.82, 2.24) is 4.98 Å². The van der Waals surface area contributed by atoms with Gasteiger partial charge in [0.1, 0.15) is 4.60 Å². The summed E-state index contributed by atoms with van der Waals surface area (Å²) in [6.45, 7) is 1.63. The van der Waals surface area contributed by atoms with Crippen LogP contribution in [0.15, 0.2) is 45.9 Å². The van der Waals surface area contributed by atoms with E-state index >= 15 is 0 Å². The first-order valence-electron chi connectivity index (χ1n) is 5.70. The van der Waals surface area contributed by atoms with E-state index in [1.165, 1.54) is 24.3 Å². The van der Waals surface area contributed by atoms with Gasteiger partial charge in [-0.1, -0.05) is 12.1 Å². The van der Waals surface area contributed by atoms with Crippen molar-refractivity contribution in [2.75, 3.05) is 4.72 Å². The van der Waals surface area contributed by atoms with Crippen LogP contribution in [0, 0.1) is 17.0 Å². The highest BCUT2D eigenvalue weighted by molar-refractivity contribution is 9.10. The van der Waals surface area contributed by atoms with Gasteiger partial charge < -0.3 is 0 Å². The van der Waals surface area contributed by atoms with Crippen molar-refractivity contribution in [2.45, 2.75) is 11.8 Å². The van der Waals surface area contributed by atoms with Crippen molar-refractivity contribution in [2.24, 2.45) is 0 Å². The second kappa shape index (κ2) is 5.78. The van der Waals surface area contributed by atoms with Gasteiger partial charge in [0.05, 0.1) is 16.3 Å². The van der Waals surface area contributed by atoms with Crippen LogP contribution in [0.1, 0.15) is 5.69 Å². The number of pyridine rings is 1. The third-order valence-corrected chi connectivity index (χ3v) is 4.50. The summed E-state index contributed by atoms with van der Waals surface area (Å²) >= 11 is 3.17. The monoisotopic (exact) mass is 371 g/mol. The number of hydrogen-bond donors (Lipinski definition) is 1. The largest absolute Gasteiger partial charge is 0.289 e. The number of nitro benzene ring substituents is 1. The number of anilines is 1. The zero-order chi connectivity index (χ0) is 15.6.